The van der Waals surface area contributed by atoms with E-state index in [1.165, 1.54) is 4.90 Å². The van der Waals surface area contributed by atoms with E-state index in [4.69, 9.17) is 14.5 Å². The fourth-order valence-electron chi connectivity index (χ4n) is 4.43. The van der Waals surface area contributed by atoms with E-state index in [9.17, 15) is 14.9 Å². The van der Waals surface area contributed by atoms with E-state index in [0.717, 1.165) is 22.9 Å². The third kappa shape index (κ3) is 5.35. The smallest absolute Gasteiger partial charge is 0.247 e. The van der Waals surface area contributed by atoms with Crippen molar-refractivity contribution in [1.29, 1.82) is 5.26 Å². The van der Waals surface area contributed by atoms with Gasteiger partial charge in [0.05, 0.1) is 35.9 Å². The molecular formula is C31H25N3O4S. The van der Waals surface area contributed by atoms with Crippen LogP contribution in [0, 0.1) is 11.3 Å². The van der Waals surface area contributed by atoms with Crippen LogP contribution in [0.25, 0.3) is 22.4 Å². The van der Waals surface area contributed by atoms with E-state index in [1.807, 2.05) is 67.6 Å². The van der Waals surface area contributed by atoms with Crippen molar-refractivity contribution in [2.45, 2.75) is 23.6 Å². The van der Waals surface area contributed by atoms with Crippen molar-refractivity contribution in [3.63, 3.8) is 0 Å². The first-order chi connectivity index (χ1) is 19.0. The molecule has 7 nitrogen and oxygen atoms in total. The molecule has 1 saturated heterocycles. The predicted molar refractivity (Wildman–Crippen MR) is 151 cm³/mol. The van der Waals surface area contributed by atoms with E-state index >= 15 is 0 Å². The molecule has 4 aromatic rings. The summed E-state index contributed by atoms with van der Waals surface area (Å²) < 4.78 is 10.8. The molecule has 0 saturated carbocycles. The van der Waals surface area contributed by atoms with Crippen molar-refractivity contribution in [2.24, 2.45) is 0 Å². The Morgan fingerprint density at radius 1 is 0.974 bits per heavy atom. The minimum Gasteiger partial charge on any atom is -0.497 e. The van der Waals surface area contributed by atoms with Gasteiger partial charge in [0.1, 0.15) is 22.6 Å². The summed E-state index contributed by atoms with van der Waals surface area (Å²) in [7, 11) is 1.60. The summed E-state index contributed by atoms with van der Waals surface area (Å²) in [6, 6.07) is 28.1. The van der Waals surface area contributed by atoms with E-state index in [1.54, 1.807) is 31.4 Å². The SMILES string of the molecule is CCOc1ccc(N2C(=O)CC(Sc3nc(-c4ccccc4)cc(-c4ccc(OC)cc4)c3C#N)C2=O)cc1. The first-order valence-corrected chi connectivity index (χ1v) is 13.3. The maximum absolute atomic E-state index is 13.4. The second-order valence-corrected chi connectivity index (χ2v) is 9.94. The molecule has 1 aliphatic rings. The van der Waals surface area contributed by atoms with Crippen LogP contribution >= 0.6 is 11.8 Å². The number of benzene rings is 3. The Morgan fingerprint density at radius 3 is 2.31 bits per heavy atom. The van der Waals surface area contributed by atoms with Gasteiger partial charge in [-0.05, 0) is 55.0 Å². The largest absolute Gasteiger partial charge is 0.497 e. The summed E-state index contributed by atoms with van der Waals surface area (Å²) in [4.78, 5) is 32.4. The van der Waals surface area contributed by atoms with E-state index in [-0.39, 0.29) is 18.2 Å². The molecule has 1 aromatic heterocycles. The lowest BCUT2D eigenvalue weighted by Crippen LogP contribution is -2.31. The van der Waals surface area contributed by atoms with Gasteiger partial charge >= 0.3 is 0 Å². The lowest BCUT2D eigenvalue weighted by atomic mass is 9.99. The van der Waals surface area contributed by atoms with Crippen molar-refractivity contribution in [1.82, 2.24) is 4.98 Å². The molecule has 1 unspecified atom stereocenters. The van der Waals surface area contributed by atoms with E-state index in [0.29, 0.717) is 45.6 Å². The lowest BCUT2D eigenvalue weighted by Gasteiger charge is -2.17. The third-order valence-corrected chi connectivity index (χ3v) is 7.51. The summed E-state index contributed by atoms with van der Waals surface area (Å²) >= 11 is 1.15. The number of carbonyl (C=O) groups is 2. The molecule has 0 N–H and O–H groups in total. The maximum atomic E-state index is 13.4. The number of ether oxygens (including phenoxy) is 2. The molecule has 39 heavy (non-hydrogen) atoms. The molecule has 1 aliphatic heterocycles. The Labute approximate surface area is 231 Å². The minimum absolute atomic E-state index is 0.0106. The van der Waals surface area contributed by atoms with Crippen LogP contribution in [-0.2, 0) is 9.59 Å². The van der Waals surface area contributed by atoms with Gasteiger partial charge in [-0.15, -0.1) is 0 Å². The first kappa shape index (κ1) is 26.0. The van der Waals surface area contributed by atoms with Crippen molar-refractivity contribution in [3.8, 4) is 40.0 Å². The number of methoxy groups -OCH3 is 1. The number of imide groups is 1. The van der Waals surface area contributed by atoms with E-state index in [2.05, 4.69) is 6.07 Å². The Balaban J connectivity index is 1.52. The monoisotopic (exact) mass is 535 g/mol. The summed E-state index contributed by atoms with van der Waals surface area (Å²) in [5.74, 6) is 0.734. The average molecular weight is 536 g/mol. The first-order valence-electron chi connectivity index (χ1n) is 12.4. The van der Waals surface area contributed by atoms with Gasteiger partial charge in [0.15, 0.2) is 0 Å². The van der Waals surface area contributed by atoms with Crippen molar-refractivity contribution in [3.05, 3.63) is 90.5 Å². The lowest BCUT2D eigenvalue weighted by molar-refractivity contribution is -0.121. The molecule has 0 aliphatic carbocycles. The second-order valence-electron chi connectivity index (χ2n) is 8.75. The number of hydrogen-bond donors (Lipinski definition) is 0. The normalized spacial score (nSPS) is 14.8. The van der Waals surface area contributed by atoms with Gasteiger partial charge in [-0.25, -0.2) is 9.88 Å². The quantitative estimate of drug-likeness (QED) is 0.251. The highest BCUT2D eigenvalue weighted by Crippen LogP contribution is 2.39. The summed E-state index contributed by atoms with van der Waals surface area (Å²) in [5, 5.41) is 9.91. The molecular weight excluding hydrogens is 510 g/mol. The zero-order chi connectivity index (χ0) is 27.4. The van der Waals surface area contributed by atoms with Crippen LogP contribution in [0.15, 0.2) is 90.0 Å². The average Bonchev–Trinajstić information content (AvgIpc) is 3.25. The van der Waals surface area contributed by atoms with Crippen LogP contribution < -0.4 is 14.4 Å². The van der Waals surface area contributed by atoms with Crippen molar-refractivity contribution >= 4 is 29.3 Å². The van der Waals surface area contributed by atoms with Crippen LogP contribution in [0.5, 0.6) is 11.5 Å². The summed E-state index contributed by atoms with van der Waals surface area (Å²) in [6.07, 6.45) is 0.0106. The van der Waals surface area contributed by atoms with Crippen molar-refractivity contribution < 1.29 is 19.1 Å². The zero-order valence-electron chi connectivity index (χ0n) is 21.5. The van der Waals surface area contributed by atoms with Gasteiger partial charge in [0, 0.05) is 17.5 Å². The molecule has 1 atom stereocenters. The summed E-state index contributed by atoms with van der Waals surface area (Å²) in [6.45, 7) is 2.41. The third-order valence-electron chi connectivity index (χ3n) is 6.33. The molecule has 8 heteroatoms. The highest BCUT2D eigenvalue weighted by atomic mass is 32.2. The van der Waals surface area contributed by atoms with Crippen LogP contribution in [0.3, 0.4) is 0 Å². The number of carbonyl (C=O) groups excluding carboxylic acids is 2. The number of amides is 2. The minimum atomic E-state index is -0.710. The topological polar surface area (TPSA) is 92.5 Å². The molecule has 0 spiro atoms. The Kier molecular flexibility index (Phi) is 7.62. The summed E-state index contributed by atoms with van der Waals surface area (Å²) in [5.41, 5.74) is 3.90. The van der Waals surface area contributed by atoms with Gasteiger partial charge in [-0.3, -0.25) is 9.59 Å². The molecule has 2 amide bonds. The highest BCUT2D eigenvalue weighted by molar-refractivity contribution is 8.00. The number of hydrogen-bond acceptors (Lipinski definition) is 7. The predicted octanol–water partition coefficient (Wildman–Crippen LogP) is 6.12. The van der Waals surface area contributed by atoms with Gasteiger partial charge in [0.2, 0.25) is 11.8 Å². The van der Waals surface area contributed by atoms with Crippen LogP contribution in [0.4, 0.5) is 5.69 Å². The molecule has 194 valence electrons. The van der Waals surface area contributed by atoms with Crippen LogP contribution in [-0.4, -0.2) is 35.8 Å². The highest BCUT2D eigenvalue weighted by Gasteiger charge is 2.41. The number of rotatable bonds is 8. The van der Waals surface area contributed by atoms with Gasteiger partial charge in [-0.1, -0.05) is 54.2 Å². The molecule has 5 rings (SSSR count). The second kappa shape index (κ2) is 11.4. The maximum Gasteiger partial charge on any atom is 0.247 e. The number of thioether (sulfide) groups is 1. The number of pyridine rings is 1. The van der Waals surface area contributed by atoms with Gasteiger partial charge < -0.3 is 9.47 Å². The Bertz CT molecular complexity index is 1550. The standard InChI is InChI=1S/C31H25N3O4S/c1-3-38-24-15-11-22(12-16-24)34-29(35)18-28(31(34)36)39-30-26(19-32)25(20-9-13-23(37-2)14-10-20)17-27(33-30)21-7-5-4-6-8-21/h4-17,28H,3,18H2,1-2H3. The molecule has 2 heterocycles. The molecule has 0 bridgehead atoms. The molecule has 1 fully saturated rings. The zero-order valence-corrected chi connectivity index (χ0v) is 22.3. The fourth-order valence-corrected chi connectivity index (χ4v) is 5.56. The van der Waals surface area contributed by atoms with Crippen LogP contribution in [0.1, 0.15) is 18.9 Å². The number of aromatic nitrogens is 1. The van der Waals surface area contributed by atoms with Gasteiger partial charge in [0.25, 0.3) is 0 Å². The number of anilines is 1. The van der Waals surface area contributed by atoms with Crippen molar-refractivity contribution in [2.75, 3.05) is 18.6 Å². The van der Waals surface area contributed by atoms with Gasteiger partial charge in [-0.2, -0.15) is 5.26 Å². The molecule has 3 aromatic carbocycles. The van der Waals surface area contributed by atoms with Crippen LogP contribution in [0.2, 0.25) is 0 Å². The molecule has 0 radical (unpaired) electrons. The van der Waals surface area contributed by atoms with E-state index < -0.39 is 5.25 Å². The number of nitrogens with zero attached hydrogens (tertiary/aromatic N) is 3. The Hall–Kier alpha value is -4.61. The number of nitriles is 1. The Morgan fingerprint density at radius 2 is 1.67 bits per heavy atom. The fraction of sp³-hybridized carbons (Fsp3) is 0.161.